The second-order valence-electron chi connectivity index (χ2n) is 15.0. The number of piperidine rings is 2. The lowest BCUT2D eigenvalue weighted by atomic mass is 9.95. The molecule has 2 aliphatic carbocycles. The van der Waals surface area contributed by atoms with Crippen LogP contribution in [0.3, 0.4) is 0 Å². The second kappa shape index (κ2) is 20.6. The third-order valence-electron chi connectivity index (χ3n) is 10.9. The largest absolute Gasteiger partial charge is 0.335 e. The molecule has 4 aliphatic rings. The molecule has 0 bridgehead atoms. The third-order valence-corrected chi connectivity index (χ3v) is 10.9. The Morgan fingerprint density at radius 1 is 0.580 bits per heavy atom. The zero-order chi connectivity index (χ0) is 35.0. The van der Waals surface area contributed by atoms with Gasteiger partial charge in [-0.05, 0) is 125 Å². The van der Waals surface area contributed by atoms with Crippen molar-refractivity contribution in [2.75, 3.05) is 39.3 Å². The summed E-state index contributed by atoms with van der Waals surface area (Å²) in [6.07, 6.45) is 16.1. The molecule has 50 heavy (non-hydrogen) atoms. The maximum atomic E-state index is 13.5. The summed E-state index contributed by atoms with van der Waals surface area (Å²) in [5.41, 5.74) is 1.84. The Morgan fingerprint density at radius 2 is 1.04 bits per heavy atom. The van der Waals surface area contributed by atoms with E-state index in [1.54, 1.807) is 18.2 Å². The van der Waals surface area contributed by atoms with E-state index in [9.17, 15) is 18.4 Å². The molecule has 4 N–H and O–H groups in total. The van der Waals surface area contributed by atoms with Crippen molar-refractivity contribution < 1.29 is 18.4 Å². The minimum Gasteiger partial charge on any atom is -0.335 e. The number of urea groups is 2. The van der Waals surface area contributed by atoms with Crippen LogP contribution in [0.15, 0.2) is 48.5 Å². The molecular weight excluding hydrogens is 634 g/mol. The molecule has 2 aromatic rings. The SMILES string of the molecule is O=C(NC1CCCCC1)N(Cc1ccc(F)cc1)CC1CCNCC1.O=C(NC1CCCCC1)N(Cc1cccc(F)c1)CC1CCNCC1. The van der Waals surface area contributed by atoms with Crippen LogP contribution in [0.25, 0.3) is 0 Å². The molecule has 0 unspecified atom stereocenters. The molecule has 2 heterocycles. The quantitative estimate of drug-likeness (QED) is 0.210. The third kappa shape index (κ3) is 13.1. The van der Waals surface area contributed by atoms with Crippen molar-refractivity contribution in [1.82, 2.24) is 31.1 Å². The fourth-order valence-corrected chi connectivity index (χ4v) is 7.88. The molecule has 8 nitrogen and oxygen atoms in total. The van der Waals surface area contributed by atoms with Gasteiger partial charge in [0.15, 0.2) is 0 Å². The number of nitrogens with one attached hydrogen (secondary N) is 4. The molecule has 2 aliphatic heterocycles. The van der Waals surface area contributed by atoms with Gasteiger partial charge in [0.25, 0.3) is 0 Å². The molecule has 0 radical (unpaired) electrons. The molecule has 4 fully saturated rings. The van der Waals surface area contributed by atoms with Crippen molar-refractivity contribution in [2.45, 2.75) is 115 Å². The predicted octanol–water partition coefficient (Wildman–Crippen LogP) is 7.34. The smallest absolute Gasteiger partial charge is 0.317 e. The summed E-state index contributed by atoms with van der Waals surface area (Å²) in [5.74, 6) is 0.582. The number of benzene rings is 2. The van der Waals surface area contributed by atoms with E-state index in [0.717, 1.165) is 102 Å². The Hall–Kier alpha value is -3.24. The molecule has 0 aromatic heterocycles. The maximum absolute atomic E-state index is 13.5. The number of carbonyl (C=O) groups is 2. The van der Waals surface area contributed by atoms with Crippen molar-refractivity contribution in [3.8, 4) is 0 Å². The van der Waals surface area contributed by atoms with Crippen LogP contribution in [0.2, 0.25) is 0 Å². The van der Waals surface area contributed by atoms with Gasteiger partial charge in [0.05, 0.1) is 0 Å². The Balaban J connectivity index is 0.000000194. The molecule has 276 valence electrons. The van der Waals surface area contributed by atoms with Gasteiger partial charge in [0, 0.05) is 38.3 Å². The van der Waals surface area contributed by atoms with Crippen molar-refractivity contribution in [1.29, 1.82) is 0 Å². The number of halogens is 2. The van der Waals surface area contributed by atoms with Gasteiger partial charge in [-0.3, -0.25) is 0 Å². The van der Waals surface area contributed by atoms with Crippen LogP contribution in [0.5, 0.6) is 0 Å². The summed E-state index contributed by atoms with van der Waals surface area (Å²) in [6.45, 7) is 6.63. The number of hydrogen-bond acceptors (Lipinski definition) is 4. The first-order valence-corrected chi connectivity index (χ1v) is 19.4. The lowest BCUT2D eigenvalue weighted by molar-refractivity contribution is 0.169. The van der Waals surface area contributed by atoms with E-state index in [-0.39, 0.29) is 23.7 Å². The predicted molar refractivity (Wildman–Crippen MR) is 196 cm³/mol. The van der Waals surface area contributed by atoms with Gasteiger partial charge >= 0.3 is 12.1 Å². The minimum absolute atomic E-state index is 0.00898. The van der Waals surface area contributed by atoms with Crippen LogP contribution in [-0.4, -0.2) is 73.2 Å². The Labute approximate surface area is 298 Å². The lowest BCUT2D eigenvalue weighted by Crippen LogP contribution is -2.47. The average molecular weight is 695 g/mol. The fraction of sp³-hybridized carbons (Fsp3) is 0.650. The van der Waals surface area contributed by atoms with Crippen LogP contribution in [0, 0.1) is 23.5 Å². The van der Waals surface area contributed by atoms with E-state index in [1.807, 2.05) is 15.9 Å². The second-order valence-corrected chi connectivity index (χ2v) is 15.0. The van der Waals surface area contributed by atoms with Gasteiger partial charge in [-0.1, -0.05) is 62.8 Å². The Kier molecular flexibility index (Phi) is 15.6. The fourth-order valence-electron chi connectivity index (χ4n) is 7.88. The molecule has 6 rings (SSSR count). The molecule has 2 saturated heterocycles. The van der Waals surface area contributed by atoms with Gasteiger partial charge in [-0.2, -0.15) is 0 Å². The van der Waals surface area contributed by atoms with E-state index < -0.39 is 0 Å². The topological polar surface area (TPSA) is 88.7 Å². The first kappa shape index (κ1) is 38.0. The van der Waals surface area contributed by atoms with Crippen LogP contribution in [0.1, 0.15) is 101 Å². The summed E-state index contributed by atoms with van der Waals surface area (Å²) >= 11 is 0. The molecule has 2 saturated carbocycles. The molecule has 0 atom stereocenters. The molecule has 4 amide bonds. The van der Waals surface area contributed by atoms with Crippen molar-refractivity contribution in [3.63, 3.8) is 0 Å². The van der Waals surface area contributed by atoms with Crippen LogP contribution in [0.4, 0.5) is 18.4 Å². The number of amides is 4. The highest BCUT2D eigenvalue weighted by Gasteiger charge is 2.25. The average Bonchev–Trinajstić information content (AvgIpc) is 3.14. The Bertz CT molecular complexity index is 1290. The van der Waals surface area contributed by atoms with Crippen molar-refractivity contribution >= 4 is 12.1 Å². The lowest BCUT2D eigenvalue weighted by Gasteiger charge is -2.32. The summed E-state index contributed by atoms with van der Waals surface area (Å²) in [4.78, 5) is 29.6. The van der Waals surface area contributed by atoms with E-state index >= 15 is 0 Å². The zero-order valence-corrected chi connectivity index (χ0v) is 30.0. The highest BCUT2D eigenvalue weighted by atomic mass is 19.1. The Morgan fingerprint density at radius 3 is 1.50 bits per heavy atom. The standard InChI is InChI=1S/2C20H30FN3O/c21-18-6-4-5-17(13-18)15-24(14-16-9-11-22-12-10-16)20(25)23-19-7-2-1-3-8-19;21-18-8-6-16(7-9-18)14-24(15-17-10-12-22-13-11-17)20(25)23-19-4-2-1-3-5-19/h4-6,13,16,19,22H,1-3,7-12,14-15H2,(H,23,25);6-9,17,19,22H,1-5,10-15H2,(H,23,25). The van der Waals surface area contributed by atoms with Crippen molar-refractivity contribution in [2.24, 2.45) is 11.8 Å². The monoisotopic (exact) mass is 694 g/mol. The van der Waals surface area contributed by atoms with Gasteiger partial charge in [0.1, 0.15) is 11.6 Å². The number of nitrogens with zero attached hydrogens (tertiary/aromatic N) is 2. The van der Waals surface area contributed by atoms with Gasteiger partial charge < -0.3 is 31.1 Å². The first-order chi connectivity index (χ1) is 24.4. The van der Waals surface area contributed by atoms with Crippen molar-refractivity contribution in [3.05, 3.63) is 71.3 Å². The van der Waals surface area contributed by atoms with E-state index in [0.29, 0.717) is 37.0 Å². The number of carbonyl (C=O) groups excluding carboxylic acids is 2. The molecule has 10 heteroatoms. The van der Waals surface area contributed by atoms with Gasteiger partial charge in [-0.15, -0.1) is 0 Å². The highest BCUT2D eigenvalue weighted by molar-refractivity contribution is 5.75. The maximum Gasteiger partial charge on any atom is 0.317 e. The zero-order valence-electron chi connectivity index (χ0n) is 30.0. The molecule has 0 spiro atoms. The highest BCUT2D eigenvalue weighted by Crippen LogP contribution is 2.22. The van der Waals surface area contributed by atoms with Crippen LogP contribution < -0.4 is 21.3 Å². The molecular formula is C40H60F2N6O2. The summed E-state index contributed by atoms with van der Waals surface area (Å²) in [5, 5.41) is 13.2. The van der Waals surface area contributed by atoms with E-state index in [4.69, 9.17) is 0 Å². The van der Waals surface area contributed by atoms with Crippen LogP contribution in [-0.2, 0) is 13.1 Å². The number of rotatable bonds is 10. The van der Waals surface area contributed by atoms with Gasteiger partial charge in [-0.25, -0.2) is 18.4 Å². The first-order valence-electron chi connectivity index (χ1n) is 19.4. The van der Waals surface area contributed by atoms with Crippen LogP contribution >= 0.6 is 0 Å². The summed E-state index contributed by atoms with van der Waals surface area (Å²) < 4.78 is 26.7. The summed E-state index contributed by atoms with van der Waals surface area (Å²) in [6, 6.07) is 13.7. The van der Waals surface area contributed by atoms with E-state index in [2.05, 4.69) is 21.3 Å². The van der Waals surface area contributed by atoms with Gasteiger partial charge in [0.2, 0.25) is 0 Å². The molecule has 2 aromatic carbocycles. The summed E-state index contributed by atoms with van der Waals surface area (Å²) in [7, 11) is 0. The van der Waals surface area contributed by atoms with E-state index in [1.165, 1.54) is 62.8 Å². The minimum atomic E-state index is -0.244. The normalized spacial score (nSPS) is 19.6. The number of hydrogen-bond donors (Lipinski definition) is 4.